The minimum absolute atomic E-state index is 0.143. The first-order valence-electron chi connectivity index (χ1n) is 7.77. The molecular weight excluding hydrogens is 359 g/mol. The number of halogens is 1. The van der Waals surface area contributed by atoms with Crippen molar-refractivity contribution in [1.82, 2.24) is 5.32 Å². The van der Waals surface area contributed by atoms with E-state index in [-0.39, 0.29) is 12.3 Å². The van der Waals surface area contributed by atoms with Gasteiger partial charge < -0.3 is 15.7 Å². The van der Waals surface area contributed by atoms with Crippen molar-refractivity contribution < 1.29 is 23.9 Å². The highest BCUT2D eigenvalue weighted by molar-refractivity contribution is 8.00. The molecule has 0 saturated heterocycles. The maximum absolute atomic E-state index is 13.1. The quantitative estimate of drug-likeness (QED) is 0.748. The summed E-state index contributed by atoms with van der Waals surface area (Å²) in [5.74, 6) is -1.84. The lowest BCUT2D eigenvalue weighted by molar-refractivity contribution is -0.137. The van der Waals surface area contributed by atoms with Crippen LogP contribution in [-0.4, -0.2) is 28.6 Å². The minimum atomic E-state index is -1.09. The van der Waals surface area contributed by atoms with Crippen LogP contribution in [0.15, 0.2) is 47.4 Å². The zero-order valence-electron chi connectivity index (χ0n) is 13.5. The number of hydrogen-bond donors (Lipinski definition) is 3. The Hall–Kier alpha value is -2.87. The molecule has 6 nitrogen and oxygen atoms in total. The SMILES string of the molecule is O=C(O)C[C@H](NC(=O)c1ccc2c(c1)NC(=O)CS2)c1ccc(F)cc1. The number of hydrogen-bond acceptors (Lipinski definition) is 4. The summed E-state index contributed by atoms with van der Waals surface area (Å²) in [5.41, 5.74) is 1.34. The molecule has 0 saturated carbocycles. The van der Waals surface area contributed by atoms with Gasteiger partial charge in [0.15, 0.2) is 0 Å². The summed E-state index contributed by atoms with van der Waals surface area (Å²) in [5, 5.41) is 14.5. The van der Waals surface area contributed by atoms with Crippen LogP contribution in [-0.2, 0) is 9.59 Å². The molecule has 1 aliphatic heterocycles. The highest BCUT2D eigenvalue weighted by Gasteiger charge is 2.21. The summed E-state index contributed by atoms with van der Waals surface area (Å²) in [6, 6.07) is 9.39. The van der Waals surface area contributed by atoms with Crippen LogP contribution in [0.1, 0.15) is 28.4 Å². The summed E-state index contributed by atoms with van der Waals surface area (Å²) < 4.78 is 13.1. The average molecular weight is 374 g/mol. The number of nitrogens with one attached hydrogen (secondary N) is 2. The molecule has 26 heavy (non-hydrogen) atoms. The van der Waals surface area contributed by atoms with E-state index in [2.05, 4.69) is 10.6 Å². The normalized spacial score (nSPS) is 14.1. The Kier molecular flexibility index (Phi) is 5.22. The molecule has 3 rings (SSSR count). The predicted octanol–water partition coefficient (Wildman–Crippen LogP) is 2.82. The maximum atomic E-state index is 13.1. The van der Waals surface area contributed by atoms with Crippen LogP contribution in [0.4, 0.5) is 10.1 Å². The number of carbonyl (C=O) groups excluding carboxylic acids is 2. The van der Waals surface area contributed by atoms with Gasteiger partial charge in [-0.25, -0.2) is 4.39 Å². The lowest BCUT2D eigenvalue weighted by Crippen LogP contribution is -2.30. The van der Waals surface area contributed by atoms with Gasteiger partial charge in [0.1, 0.15) is 5.82 Å². The van der Waals surface area contributed by atoms with Gasteiger partial charge in [0.25, 0.3) is 5.91 Å². The van der Waals surface area contributed by atoms with Crippen LogP contribution in [0.2, 0.25) is 0 Å². The number of carboxylic acids is 1. The minimum Gasteiger partial charge on any atom is -0.481 e. The zero-order valence-corrected chi connectivity index (χ0v) is 14.3. The first kappa shape index (κ1) is 17.9. The van der Waals surface area contributed by atoms with Crippen molar-refractivity contribution in [1.29, 1.82) is 0 Å². The van der Waals surface area contributed by atoms with Gasteiger partial charge in [-0.3, -0.25) is 14.4 Å². The average Bonchev–Trinajstić information content (AvgIpc) is 2.60. The number of amides is 2. The molecule has 1 atom stereocenters. The van der Waals surface area contributed by atoms with Crippen molar-refractivity contribution in [3.63, 3.8) is 0 Å². The summed E-state index contributed by atoms with van der Waals surface area (Å²) in [6.45, 7) is 0. The third-order valence-electron chi connectivity index (χ3n) is 3.83. The lowest BCUT2D eigenvalue weighted by Gasteiger charge is -2.19. The second-order valence-corrected chi connectivity index (χ2v) is 6.74. The Bertz CT molecular complexity index is 870. The van der Waals surface area contributed by atoms with E-state index in [0.717, 1.165) is 4.90 Å². The van der Waals surface area contributed by atoms with E-state index >= 15 is 0 Å². The molecule has 0 unspecified atom stereocenters. The van der Waals surface area contributed by atoms with Gasteiger partial charge in [0.2, 0.25) is 5.91 Å². The number of aliphatic carboxylic acids is 1. The van der Waals surface area contributed by atoms with E-state index in [1.807, 2.05) is 0 Å². The Morgan fingerprint density at radius 1 is 1.23 bits per heavy atom. The fourth-order valence-corrected chi connectivity index (χ4v) is 3.38. The molecule has 1 heterocycles. The van der Waals surface area contributed by atoms with E-state index in [4.69, 9.17) is 5.11 Å². The van der Waals surface area contributed by atoms with Crippen molar-refractivity contribution in [2.24, 2.45) is 0 Å². The molecule has 0 radical (unpaired) electrons. The van der Waals surface area contributed by atoms with Crippen molar-refractivity contribution in [3.8, 4) is 0 Å². The second kappa shape index (κ2) is 7.57. The monoisotopic (exact) mass is 374 g/mol. The molecule has 134 valence electrons. The molecule has 2 aromatic carbocycles. The molecular formula is C18H15FN2O4S. The fraction of sp³-hybridized carbons (Fsp3) is 0.167. The van der Waals surface area contributed by atoms with Gasteiger partial charge in [-0.05, 0) is 35.9 Å². The third-order valence-corrected chi connectivity index (χ3v) is 4.90. The molecule has 0 bridgehead atoms. The van der Waals surface area contributed by atoms with Crippen LogP contribution < -0.4 is 10.6 Å². The smallest absolute Gasteiger partial charge is 0.305 e. The van der Waals surface area contributed by atoms with Crippen molar-refractivity contribution in [2.45, 2.75) is 17.4 Å². The van der Waals surface area contributed by atoms with Crippen LogP contribution in [0.5, 0.6) is 0 Å². The summed E-state index contributed by atoms with van der Waals surface area (Å²) in [4.78, 5) is 36.0. The largest absolute Gasteiger partial charge is 0.481 e. The topological polar surface area (TPSA) is 95.5 Å². The van der Waals surface area contributed by atoms with Crippen LogP contribution >= 0.6 is 11.8 Å². The second-order valence-electron chi connectivity index (χ2n) is 5.72. The van der Waals surface area contributed by atoms with Crippen LogP contribution in [0.25, 0.3) is 0 Å². The van der Waals surface area contributed by atoms with Crippen LogP contribution in [0, 0.1) is 5.82 Å². The van der Waals surface area contributed by atoms with Gasteiger partial charge in [0.05, 0.1) is 23.9 Å². The molecule has 0 aliphatic carbocycles. The van der Waals surface area contributed by atoms with Gasteiger partial charge >= 0.3 is 5.97 Å². The molecule has 8 heteroatoms. The highest BCUT2D eigenvalue weighted by Crippen LogP contribution is 2.32. The van der Waals surface area contributed by atoms with Crippen molar-refractivity contribution in [2.75, 3.05) is 11.1 Å². The Balaban J connectivity index is 1.81. The Labute approximate surface area is 152 Å². The molecule has 0 spiro atoms. The maximum Gasteiger partial charge on any atom is 0.305 e. The van der Waals surface area contributed by atoms with E-state index in [9.17, 15) is 18.8 Å². The van der Waals surface area contributed by atoms with E-state index in [1.165, 1.54) is 36.0 Å². The Morgan fingerprint density at radius 3 is 2.65 bits per heavy atom. The number of thioether (sulfide) groups is 1. The molecule has 2 amide bonds. The molecule has 3 N–H and O–H groups in total. The number of anilines is 1. The number of benzene rings is 2. The van der Waals surface area contributed by atoms with Gasteiger partial charge in [-0.2, -0.15) is 0 Å². The van der Waals surface area contributed by atoms with Gasteiger partial charge in [-0.15, -0.1) is 11.8 Å². The number of fused-ring (bicyclic) bond motifs is 1. The molecule has 0 fully saturated rings. The van der Waals surface area contributed by atoms with E-state index in [0.29, 0.717) is 22.6 Å². The standard InChI is InChI=1S/C18H15FN2O4S/c19-12-4-1-10(2-5-12)13(8-17(23)24)21-18(25)11-3-6-15-14(7-11)20-16(22)9-26-15/h1-7,13H,8-9H2,(H,20,22)(H,21,25)(H,23,24)/t13-/m0/s1. The predicted molar refractivity (Wildman–Crippen MR) is 94.7 cm³/mol. The summed E-state index contributed by atoms with van der Waals surface area (Å²) in [7, 11) is 0. The van der Waals surface area contributed by atoms with Crippen molar-refractivity contribution >= 4 is 35.2 Å². The summed E-state index contributed by atoms with van der Waals surface area (Å²) >= 11 is 1.38. The zero-order chi connectivity index (χ0) is 18.7. The molecule has 1 aliphatic rings. The highest BCUT2D eigenvalue weighted by atomic mass is 32.2. The van der Waals surface area contributed by atoms with Crippen LogP contribution in [0.3, 0.4) is 0 Å². The van der Waals surface area contributed by atoms with Gasteiger partial charge in [0, 0.05) is 10.5 Å². The lowest BCUT2D eigenvalue weighted by atomic mass is 10.0. The van der Waals surface area contributed by atoms with E-state index in [1.54, 1.807) is 18.2 Å². The number of carbonyl (C=O) groups is 3. The Morgan fingerprint density at radius 2 is 1.96 bits per heavy atom. The third kappa shape index (κ3) is 4.20. The first-order valence-corrected chi connectivity index (χ1v) is 8.76. The number of carboxylic acid groups (broad SMARTS) is 1. The molecule has 2 aromatic rings. The molecule has 0 aromatic heterocycles. The fourth-order valence-electron chi connectivity index (χ4n) is 2.59. The van der Waals surface area contributed by atoms with Crippen molar-refractivity contribution in [3.05, 3.63) is 59.4 Å². The van der Waals surface area contributed by atoms with E-state index < -0.39 is 23.7 Å². The number of rotatable bonds is 5. The first-order chi connectivity index (χ1) is 12.4. The van der Waals surface area contributed by atoms with Gasteiger partial charge in [-0.1, -0.05) is 12.1 Å². The summed E-state index contributed by atoms with van der Waals surface area (Å²) in [6.07, 6.45) is -0.338.